The van der Waals surface area contributed by atoms with Crippen LogP contribution in [-0.2, 0) is 9.59 Å². The van der Waals surface area contributed by atoms with Crippen LogP contribution in [-0.4, -0.2) is 36.0 Å². The molecule has 5 heteroatoms. The third-order valence-electron chi connectivity index (χ3n) is 2.58. The smallest absolute Gasteiger partial charge is 0.235 e. The van der Waals surface area contributed by atoms with E-state index in [2.05, 4.69) is 9.98 Å². The van der Waals surface area contributed by atoms with Crippen LogP contribution in [0.5, 0.6) is 0 Å². The maximum atomic E-state index is 10.2. The first-order valence-corrected chi connectivity index (χ1v) is 6.05. The number of rotatable bonds is 10. The highest BCUT2D eigenvalue weighted by atomic mass is 16.3. The lowest BCUT2D eigenvalue weighted by Gasteiger charge is -2.16. The third kappa shape index (κ3) is 8.52. The van der Waals surface area contributed by atoms with Gasteiger partial charge in [-0.2, -0.15) is 4.99 Å². The minimum absolute atomic E-state index is 0.345. The summed E-state index contributed by atoms with van der Waals surface area (Å²) in [7, 11) is 0. The summed E-state index contributed by atoms with van der Waals surface area (Å²) in [6.45, 7) is 2.46. The SMILES string of the molecule is CCCC(O)C(CCCCCN=C=O)N=C=O. The van der Waals surface area contributed by atoms with Gasteiger partial charge < -0.3 is 5.11 Å². The molecule has 0 rings (SSSR count). The first-order chi connectivity index (χ1) is 8.26. The number of unbranched alkanes of at least 4 members (excludes halogenated alkanes) is 2. The van der Waals surface area contributed by atoms with E-state index in [9.17, 15) is 14.7 Å². The van der Waals surface area contributed by atoms with Crippen LogP contribution in [0.2, 0.25) is 0 Å². The van der Waals surface area contributed by atoms with E-state index >= 15 is 0 Å². The van der Waals surface area contributed by atoms with Crippen LogP contribution in [0.25, 0.3) is 0 Å². The Hall–Kier alpha value is -1.28. The van der Waals surface area contributed by atoms with E-state index in [4.69, 9.17) is 0 Å². The lowest BCUT2D eigenvalue weighted by atomic mass is 10.0. The summed E-state index contributed by atoms with van der Waals surface area (Å²) in [6, 6.07) is -0.345. The molecular formula is C12H20N2O3. The van der Waals surface area contributed by atoms with Crippen molar-refractivity contribution >= 4 is 12.2 Å². The first-order valence-electron chi connectivity index (χ1n) is 6.05. The molecule has 0 saturated carbocycles. The highest BCUT2D eigenvalue weighted by Crippen LogP contribution is 2.13. The molecule has 17 heavy (non-hydrogen) atoms. The second-order valence-corrected chi connectivity index (χ2v) is 3.97. The van der Waals surface area contributed by atoms with Crippen molar-refractivity contribution in [1.82, 2.24) is 0 Å². The molecule has 5 nitrogen and oxygen atoms in total. The van der Waals surface area contributed by atoms with Crippen LogP contribution in [0.15, 0.2) is 9.98 Å². The van der Waals surface area contributed by atoms with Crippen molar-refractivity contribution < 1.29 is 14.7 Å². The van der Waals surface area contributed by atoms with E-state index in [1.807, 2.05) is 6.92 Å². The Morgan fingerprint density at radius 2 is 1.88 bits per heavy atom. The van der Waals surface area contributed by atoms with Gasteiger partial charge in [-0.25, -0.2) is 14.6 Å². The second-order valence-electron chi connectivity index (χ2n) is 3.97. The molecule has 0 saturated heterocycles. The number of hydrogen-bond donors (Lipinski definition) is 1. The molecule has 0 amide bonds. The number of hydrogen-bond acceptors (Lipinski definition) is 5. The van der Waals surface area contributed by atoms with Crippen LogP contribution >= 0.6 is 0 Å². The molecule has 0 aliphatic rings. The maximum Gasteiger partial charge on any atom is 0.235 e. The van der Waals surface area contributed by atoms with Gasteiger partial charge in [-0.1, -0.05) is 26.2 Å². The highest BCUT2D eigenvalue weighted by Gasteiger charge is 2.16. The Bertz CT molecular complexity index is 281. The van der Waals surface area contributed by atoms with Gasteiger partial charge in [0.25, 0.3) is 0 Å². The standard InChI is InChI=1S/C12H20N2O3/c1-2-6-12(17)11(14-10-16)7-4-3-5-8-13-9-15/h11-12,17H,2-8H2,1H3. The normalized spacial score (nSPS) is 13.3. The monoisotopic (exact) mass is 240 g/mol. The van der Waals surface area contributed by atoms with E-state index in [1.54, 1.807) is 0 Å². The van der Waals surface area contributed by atoms with Crippen molar-refractivity contribution in [2.75, 3.05) is 6.54 Å². The van der Waals surface area contributed by atoms with Crippen LogP contribution in [0.3, 0.4) is 0 Å². The molecule has 0 spiro atoms. The predicted octanol–water partition coefficient (Wildman–Crippen LogP) is 1.75. The quantitative estimate of drug-likeness (QED) is 0.359. The second kappa shape index (κ2) is 11.2. The fraction of sp³-hybridized carbons (Fsp3) is 0.833. The van der Waals surface area contributed by atoms with Crippen LogP contribution < -0.4 is 0 Å². The summed E-state index contributed by atoms with van der Waals surface area (Å²) in [6.07, 6.45) is 7.18. The topological polar surface area (TPSA) is 79.1 Å². The molecule has 2 atom stereocenters. The van der Waals surface area contributed by atoms with Gasteiger partial charge in [0.2, 0.25) is 12.2 Å². The van der Waals surface area contributed by atoms with Gasteiger partial charge in [-0.3, -0.25) is 0 Å². The molecule has 0 aromatic carbocycles. The van der Waals surface area contributed by atoms with E-state index in [1.165, 1.54) is 12.2 Å². The summed E-state index contributed by atoms with van der Waals surface area (Å²) in [5, 5.41) is 9.74. The van der Waals surface area contributed by atoms with Crippen molar-refractivity contribution in [3.05, 3.63) is 0 Å². The van der Waals surface area contributed by atoms with Crippen molar-refractivity contribution in [1.29, 1.82) is 0 Å². The minimum atomic E-state index is -0.561. The fourth-order valence-corrected chi connectivity index (χ4v) is 1.67. The van der Waals surface area contributed by atoms with Crippen molar-refractivity contribution in [2.45, 2.75) is 57.6 Å². The number of carbonyl (C=O) groups excluding carboxylic acids is 2. The lowest BCUT2D eigenvalue weighted by Crippen LogP contribution is -2.24. The Labute approximate surface area is 102 Å². The van der Waals surface area contributed by atoms with Gasteiger partial charge in [0.15, 0.2) is 0 Å². The van der Waals surface area contributed by atoms with E-state index in [-0.39, 0.29) is 6.04 Å². The van der Waals surface area contributed by atoms with Gasteiger partial charge >= 0.3 is 0 Å². The summed E-state index contributed by atoms with van der Waals surface area (Å²) in [5.74, 6) is 0. The Kier molecular flexibility index (Phi) is 10.4. The van der Waals surface area contributed by atoms with Gasteiger partial charge in [0, 0.05) is 0 Å². The number of isocyanates is 2. The third-order valence-corrected chi connectivity index (χ3v) is 2.58. The van der Waals surface area contributed by atoms with Gasteiger partial charge in [0.1, 0.15) is 0 Å². The molecule has 0 radical (unpaired) electrons. The van der Waals surface area contributed by atoms with Crippen LogP contribution in [0, 0.1) is 0 Å². The first kappa shape index (κ1) is 15.7. The molecular weight excluding hydrogens is 220 g/mol. The summed E-state index contributed by atoms with van der Waals surface area (Å²) >= 11 is 0. The zero-order chi connectivity index (χ0) is 12.9. The number of aliphatic hydroxyl groups is 1. The van der Waals surface area contributed by atoms with Gasteiger partial charge in [0.05, 0.1) is 18.7 Å². The van der Waals surface area contributed by atoms with Crippen LogP contribution in [0.4, 0.5) is 0 Å². The largest absolute Gasteiger partial charge is 0.391 e. The molecule has 0 aliphatic carbocycles. The summed E-state index contributed by atoms with van der Waals surface area (Å²) < 4.78 is 0. The summed E-state index contributed by atoms with van der Waals surface area (Å²) in [5.41, 5.74) is 0. The molecule has 2 unspecified atom stereocenters. The van der Waals surface area contributed by atoms with Crippen molar-refractivity contribution in [3.63, 3.8) is 0 Å². The van der Waals surface area contributed by atoms with E-state index < -0.39 is 6.10 Å². The Morgan fingerprint density at radius 1 is 1.12 bits per heavy atom. The van der Waals surface area contributed by atoms with E-state index in [0.717, 1.165) is 25.7 Å². The van der Waals surface area contributed by atoms with Gasteiger partial charge in [-0.15, -0.1) is 0 Å². The molecule has 96 valence electrons. The zero-order valence-electron chi connectivity index (χ0n) is 10.3. The molecule has 0 bridgehead atoms. The summed E-state index contributed by atoms with van der Waals surface area (Å²) in [4.78, 5) is 27.1. The molecule has 0 fully saturated rings. The Morgan fingerprint density at radius 3 is 2.47 bits per heavy atom. The van der Waals surface area contributed by atoms with Crippen molar-refractivity contribution in [2.24, 2.45) is 9.98 Å². The minimum Gasteiger partial charge on any atom is -0.391 e. The molecule has 1 N–H and O–H groups in total. The number of aliphatic imine (C=N–C) groups is 2. The number of aliphatic hydroxyl groups excluding tert-OH is 1. The zero-order valence-corrected chi connectivity index (χ0v) is 10.3. The average molecular weight is 240 g/mol. The van der Waals surface area contributed by atoms with Gasteiger partial charge in [-0.05, 0) is 19.3 Å². The van der Waals surface area contributed by atoms with E-state index in [0.29, 0.717) is 19.4 Å². The molecule has 0 aliphatic heterocycles. The van der Waals surface area contributed by atoms with Crippen molar-refractivity contribution in [3.8, 4) is 0 Å². The molecule has 0 aromatic heterocycles. The Balaban J connectivity index is 3.84. The predicted molar refractivity (Wildman–Crippen MR) is 64.3 cm³/mol. The lowest BCUT2D eigenvalue weighted by molar-refractivity contribution is 0.129. The molecule has 0 aromatic rings. The molecule has 0 heterocycles. The highest BCUT2D eigenvalue weighted by molar-refractivity contribution is 5.33. The maximum absolute atomic E-state index is 10.2. The number of nitrogens with zero attached hydrogens (tertiary/aromatic N) is 2. The average Bonchev–Trinajstić information content (AvgIpc) is 2.32. The fourth-order valence-electron chi connectivity index (χ4n) is 1.67. The van der Waals surface area contributed by atoms with Crippen LogP contribution in [0.1, 0.15) is 45.4 Å².